The molecule has 5 N–H and O–H groups in total. The molecule has 9 heteroatoms. The zero-order valence-electron chi connectivity index (χ0n) is 14.6. The number of carbonyl (C=O) groups excluding carboxylic acids is 2. The van der Waals surface area contributed by atoms with Crippen LogP contribution in [0.3, 0.4) is 0 Å². The predicted octanol–water partition coefficient (Wildman–Crippen LogP) is 0.294. The minimum absolute atomic E-state index is 0.0322. The van der Waals surface area contributed by atoms with Crippen LogP contribution in [0.4, 0.5) is 0 Å². The van der Waals surface area contributed by atoms with Gasteiger partial charge in [-0.25, -0.2) is 4.79 Å². The summed E-state index contributed by atoms with van der Waals surface area (Å²) in [7, 11) is 0. The second kappa shape index (κ2) is 11.8. The van der Waals surface area contributed by atoms with E-state index in [-0.39, 0.29) is 5.75 Å². The molecule has 0 aromatic heterocycles. The fraction of sp³-hybridized carbons (Fsp3) is 0.471. The fourth-order valence-corrected chi connectivity index (χ4v) is 2.93. The summed E-state index contributed by atoms with van der Waals surface area (Å²) in [5, 5.41) is 14.2. The van der Waals surface area contributed by atoms with E-state index >= 15 is 0 Å². The van der Waals surface area contributed by atoms with Gasteiger partial charge in [-0.15, -0.1) is 0 Å². The number of carbonyl (C=O) groups is 3. The topological polar surface area (TPSA) is 122 Å². The number of hydrogen-bond acceptors (Lipinski definition) is 6. The number of carboxylic acid groups (broad SMARTS) is 1. The first kappa shape index (κ1) is 22.3. The van der Waals surface area contributed by atoms with Crippen LogP contribution in [0.5, 0.6) is 0 Å². The molecule has 0 fully saturated rings. The number of thiol groups is 1. The highest BCUT2D eigenvalue weighted by atomic mass is 32.2. The van der Waals surface area contributed by atoms with E-state index in [1.807, 2.05) is 36.6 Å². The lowest BCUT2D eigenvalue weighted by Gasteiger charge is -2.21. The first-order chi connectivity index (χ1) is 12.4. The molecule has 0 spiro atoms. The molecule has 1 rings (SSSR count). The van der Waals surface area contributed by atoms with Gasteiger partial charge in [-0.05, 0) is 30.4 Å². The van der Waals surface area contributed by atoms with Crippen molar-refractivity contribution >= 4 is 42.2 Å². The second-order valence-corrected chi connectivity index (χ2v) is 7.07. The quantitative estimate of drug-likeness (QED) is 0.341. The van der Waals surface area contributed by atoms with Crippen molar-refractivity contribution in [2.75, 3.05) is 17.8 Å². The second-order valence-electron chi connectivity index (χ2n) is 5.72. The summed E-state index contributed by atoms with van der Waals surface area (Å²) in [5.74, 6) is -1.56. The lowest BCUT2D eigenvalue weighted by atomic mass is 10.1. The van der Waals surface area contributed by atoms with E-state index in [9.17, 15) is 19.5 Å². The predicted molar refractivity (Wildman–Crippen MR) is 106 cm³/mol. The van der Waals surface area contributed by atoms with E-state index < -0.39 is 35.9 Å². The third kappa shape index (κ3) is 7.67. The van der Waals surface area contributed by atoms with Crippen LogP contribution < -0.4 is 16.4 Å². The van der Waals surface area contributed by atoms with Gasteiger partial charge in [-0.3, -0.25) is 9.59 Å². The molecule has 0 bridgehead atoms. The Bertz CT molecular complexity index is 601. The molecule has 1 aromatic rings. The molecule has 0 aliphatic rings. The Balaban J connectivity index is 2.61. The molecule has 3 unspecified atom stereocenters. The van der Waals surface area contributed by atoms with Crippen LogP contribution in [0.15, 0.2) is 30.3 Å². The monoisotopic (exact) mass is 399 g/mol. The summed E-state index contributed by atoms with van der Waals surface area (Å²) in [5.41, 5.74) is 6.81. The highest BCUT2D eigenvalue weighted by Crippen LogP contribution is 2.04. The zero-order valence-corrected chi connectivity index (χ0v) is 16.3. The van der Waals surface area contributed by atoms with Crippen molar-refractivity contribution in [3.05, 3.63) is 35.9 Å². The molecule has 0 aliphatic heterocycles. The Morgan fingerprint density at radius 3 is 2.31 bits per heavy atom. The number of nitrogens with two attached hydrogens (primary N) is 1. The molecule has 0 radical (unpaired) electrons. The largest absolute Gasteiger partial charge is 0.480 e. The molecular weight excluding hydrogens is 374 g/mol. The van der Waals surface area contributed by atoms with Crippen molar-refractivity contribution in [3.63, 3.8) is 0 Å². The molecule has 2 amide bonds. The summed E-state index contributed by atoms with van der Waals surface area (Å²) in [6.07, 6.45) is 2.48. The fourth-order valence-electron chi connectivity index (χ4n) is 2.20. The Hall–Kier alpha value is -1.71. The summed E-state index contributed by atoms with van der Waals surface area (Å²) in [6.45, 7) is 0. The minimum Gasteiger partial charge on any atom is -0.480 e. The van der Waals surface area contributed by atoms with Gasteiger partial charge in [0.15, 0.2) is 0 Å². The van der Waals surface area contributed by atoms with Gasteiger partial charge in [0.2, 0.25) is 11.8 Å². The molecule has 7 nitrogen and oxygen atoms in total. The zero-order chi connectivity index (χ0) is 19.5. The summed E-state index contributed by atoms with van der Waals surface area (Å²) in [4.78, 5) is 35.8. The van der Waals surface area contributed by atoms with Gasteiger partial charge in [0.25, 0.3) is 0 Å². The van der Waals surface area contributed by atoms with E-state index in [1.54, 1.807) is 0 Å². The van der Waals surface area contributed by atoms with Crippen molar-refractivity contribution in [3.8, 4) is 0 Å². The van der Waals surface area contributed by atoms with Crippen molar-refractivity contribution in [2.24, 2.45) is 5.73 Å². The van der Waals surface area contributed by atoms with Crippen LogP contribution >= 0.6 is 24.4 Å². The number of aliphatic carboxylic acids is 1. The van der Waals surface area contributed by atoms with Crippen LogP contribution in [0, 0.1) is 0 Å². The molecular formula is C17H25N3O4S2. The highest BCUT2D eigenvalue weighted by Gasteiger charge is 2.27. The molecule has 0 aliphatic carbocycles. The lowest BCUT2D eigenvalue weighted by molar-refractivity contribution is -0.142. The standard InChI is InChI=1S/C17H25N3O4S2/c1-26-8-7-13(17(23)24)19-16(22)14(10-25)20-15(21)12(18)9-11-5-3-2-4-6-11/h2-6,12-14,25H,7-10,18H2,1H3,(H,19,22)(H,20,21)(H,23,24). The average molecular weight is 400 g/mol. The van der Waals surface area contributed by atoms with Gasteiger partial charge < -0.3 is 21.5 Å². The maximum absolute atomic E-state index is 12.3. The van der Waals surface area contributed by atoms with Gasteiger partial charge in [0.1, 0.15) is 12.1 Å². The summed E-state index contributed by atoms with van der Waals surface area (Å²) in [6, 6.07) is 6.51. The van der Waals surface area contributed by atoms with Gasteiger partial charge in [0, 0.05) is 5.75 Å². The van der Waals surface area contributed by atoms with E-state index in [2.05, 4.69) is 23.3 Å². The molecule has 144 valence electrons. The molecule has 1 aromatic carbocycles. The number of benzene rings is 1. The van der Waals surface area contributed by atoms with Crippen molar-refractivity contribution in [1.82, 2.24) is 10.6 Å². The van der Waals surface area contributed by atoms with E-state index in [0.29, 0.717) is 18.6 Å². The first-order valence-electron chi connectivity index (χ1n) is 8.11. The Kier molecular flexibility index (Phi) is 10.2. The number of carboxylic acids is 1. The van der Waals surface area contributed by atoms with Crippen LogP contribution in [-0.4, -0.2) is 58.8 Å². The molecule has 0 saturated heterocycles. The number of amides is 2. The third-order valence-electron chi connectivity index (χ3n) is 3.68. The molecule has 0 heterocycles. The summed E-state index contributed by atoms with van der Waals surface area (Å²) >= 11 is 5.56. The maximum atomic E-state index is 12.3. The minimum atomic E-state index is -1.11. The van der Waals surface area contributed by atoms with Gasteiger partial charge in [0.05, 0.1) is 6.04 Å². The third-order valence-corrected chi connectivity index (χ3v) is 4.69. The van der Waals surface area contributed by atoms with Gasteiger partial charge >= 0.3 is 5.97 Å². The molecule has 26 heavy (non-hydrogen) atoms. The molecule has 0 saturated carbocycles. The smallest absolute Gasteiger partial charge is 0.326 e. The molecule has 3 atom stereocenters. The lowest BCUT2D eigenvalue weighted by Crippen LogP contribution is -2.55. The number of thioether (sulfide) groups is 1. The number of rotatable bonds is 11. The number of nitrogens with one attached hydrogen (secondary N) is 2. The maximum Gasteiger partial charge on any atom is 0.326 e. The van der Waals surface area contributed by atoms with Crippen LogP contribution in [0.25, 0.3) is 0 Å². The van der Waals surface area contributed by atoms with E-state index in [4.69, 9.17) is 5.73 Å². The van der Waals surface area contributed by atoms with Crippen LogP contribution in [0.2, 0.25) is 0 Å². The Labute approximate surface area is 162 Å². The normalized spacial score (nSPS) is 14.1. The van der Waals surface area contributed by atoms with Crippen molar-refractivity contribution in [2.45, 2.75) is 31.0 Å². The van der Waals surface area contributed by atoms with Crippen LogP contribution in [-0.2, 0) is 20.8 Å². The summed E-state index contributed by atoms with van der Waals surface area (Å²) < 4.78 is 0. The van der Waals surface area contributed by atoms with Crippen molar-refractivity contribution < 1.29 is 19.5 Å². The Morgan fingerprint density at radius 2 is 1.77 bits per heavy atom. The van der Waals surface area contributed by atoms with E-state index in [0.717, 1.165) is 5.56 Å². The van der Waals surface area contributed by atoms with Crippen LogP contribution in [0.1, 0.15) is 12.0 Å². The van der Waals surface area contributed by atoms with Gasteiger partial charge in [-0.1, -0.05) is 30.3 Å². The van der Waals surface area contributed by atoms with E-state index in [1.165, 1.54) is 11.8 Å². The SMILES string of the molecule is CSCCC(NC(=O)C(CS)NC(=O)C(N)Cc1ccccc1)C(=O)O. The number of hydrogen-bond donors (Lipinski definition) is 5. The highest BCUT2D eigenvalue weighted by molar-refractivity contribution is 7.98. The van der Waals surface area contributed by atoms with Gasteiger partial charge in [-0.2, -0.15) is 24.4 Å². The first-order valence-corrected chi connectivity index (χ1v) is 10.1. The average Bonchev–Trinajstić information content (AvgIpc) is 2.63. The Morgan fingerprint density at radius 1 is 1.15 bits per heavy atom. The van der Waals surface area contributed by atoms with Crippen molar-refractivity contribution in [1.29, 1.82) is 0 Å².